The first-order valence-corrected chi connectivity index (χ1v) is 10.7. The Morgan fingerprint density at radius 2 is 1.59 bits per heavy atom. The molecule has 0 N–H and O–H groups in total. The van der Waals surface area contributed by atoms with E-state index in [0.29, 0.717) is 0 Å². The summed E-state index contributed by atoms with van der Waals surface area (Å²) in [5.41, 5.74) is 8.57. The van der Waals surface area contributed by atoms with Crippen LogP contribution in [0.3, 0.4) is 0 Å². The van der Waals surface area contributed by atoms with Crippen molar-refractivity contribution in [1.82, 2.24) is 4.57 Å². The molecule has 1 aliphatic rings. The molecule has 1 aromatic heterocycles. The van der Waals surface area contributed by atoms with Gasteiger partial charge in [0.25, 0.3) is 0 Å². The van der Waals surface area contributed by atoms with Crippen molar-refractivity contribution < 1.29 is 35.6 Å². The van der Waals surface area contributed by atoms with Crippen molar-refractivity contribution >= 4 is 21.7 Å². The summed E-state index contributed by atoms with van der Waals surface area (Å²) < 4.78 is 2.50. The van der Waals surface area contributed by atoms with Crippen LogP contribution in [-0.4, -0.2) is 4.57 Å². The van der Waals surface area contributed by atoms with Crippen molar-refractivity contribution in [2.45, 2.75) is 39.5 Å². The van der Waals surface area contributed by atoms with Crippen LogP contribution >= 0.6 is 0 Å². The number of benzene rings is 2. The molecule has 1 heterocycles. The van der Waals surface area contributed by atoms with Crippen molar-refractivity contribution in [3.8, 4) is 5.69 Å². The average molecular weight is 507 g/mol. The number of para-hydroxylation sites is 1. The zero-order chi connectivity index (χ0) is 19.8. The zero-order valence-corrected chi connectivity index (χ0v) is 21.0. The molecule has 0 radical (unpaired) electrons. The van der Waals surface area contributed by atoms with E-state index in [4.69, 9.17) is 0 Å². The van der Waals surface area contributed by atoms with Gasteiger partial charge in [0.05, 0.1) is 5.52 Å². The molecule has 1 nitrogen and oxygen atoms in total. The number of fused-ring (bicyclic) bond motifs is 4. The minimum absolute atomic E-state index is 0. The van der Waals surface area contributed by atoms with Crippen molar-refractivity contribution in [1.29, 1.82) is 0 Å². The Kier molecular flexibility index (Phi) is 8.92. The van der Waals surface area contributed by atoms with Crippen LogP contribution in [0.15, 0.2) is 78.9 Å². The fourth-order valence-electron chi connectivity index (χ4n) is 4.65. The molecule has 0 bridgehead atoms. The molecule has 1 aliphatic carbocycles. The van der Waals surface area contributed by atoms with Gasteiger partial charge >= 0.3 is 26.2 Å². The fraction of sp³-hybridized carbons (Fsp3) is 0.214. The Balaban J connectivity index is 0.000000317. The molecule has 6 rings (SSSR count). The van der Waals surface area contributed by atoms with Gasteiger partial charge < -0.3 is 14.0 Å². The van der Waals surface area contributed by atoms with Crippen molar-refractivity contribution in [3.63, 3.8) is 0 Å². The smallest absolute Gasteiger partial charge is 1.00 e. The molecule has 0 unspecified atom stereocenters. The van der Waals surface area contributed by atoms with Gasteiger partial charge in [-0.1, -0.05) is 38.1 Å². The van der Waals surface area contributed by atoms with E-state index < -0.39 is 0 Å². The van der Waals surface area contributed by atoms with Crippen LogP contribution in [0.4, 0.5) is 0 Å². The topological polar surface area (TPSA) is 4.93 Å². The second-order valence-corrected chi connectivity index (χ2v) is 8.22. The third kappa shape index (κ3) is 4.71. The molecular formula is C28H27F2NZr. The van der Waals surface area contributed by atoms with E-state index in [1.165, 1.54) is 69.9 Å². The van der Waals surface area contributed by atoms with Crippen LogP contribution < -0.4 is 9.41 Å². The summed E-state index contributed by atoms with van der Waals surface area (Å²) in [6.07, 6.45) is 5.06. The third-order valence-corrected chi connectivity index (χ3v) is 6.35. The average Bonchev–Trinajstić information content (AvgIpc) is 3.43. The van der Waals surface area contributed by atoms with Crippen molar-refractivity contribution in [2.75, 3.05) is 0 Å². The van der Waals surface area contributed by atoms with Gasteiger partial charge in [0, 0.05) is 11.1 Å². The minimum atomic E-state index is 0. The first-order valence-electron chi connectivity index (χ1n) is 10.7. The van der Waals surface area contributed by atoms with Gasteiger partial charge in [-0.05, 0) is 43.0 Å². The fourth-order valence-corrected chi connectivity index (χ4v) is 4.65. The largest absolute Gasteiger partial charge is 4.00 e. The van der Waals surface area contributed by atoms with E-state index in [-0.39, 0.29) is 35.6 Å². The SMILES string of the molecule is Cc1ccc[c-]1C.[F-].[F-].[Zr+4].c1ccc2[cH-]c(-n3c4c(c5ccccc53)CCCC4)cc2c1. The number of hydrogen-bond donors (Lipinski definition) is 0. The Labute approximate surface area is 207 Å². The third-order valence-electron chi connectivity index (χ3n) is 6.35. The zero-order valence-electron chi connectivity index (χ0n) is 18.5. The normalized spacial score (nSPS) is 12.1. The van der Waals surface area contributed by atoms with Crippen molar-refractivity contribution in [2.24, 2.45) is 0 Å². The molecule has 0 saturated carbocycles. The van der Waals surface area contributed by atoms with E-state index in [1.807, 2.05) is 0 Å². The summed E-state index contributed by atoms with van der Waals surface area (Å²) >= 11 is 0. The summed E-state index contributed by atoms with van der Waals surface area (Å²) in [5, 5.41) is 4.11. The molecule has 4 heteroatoms. The number of hydrogen-bond acceptors (Lipinski definition) is 0. The standard InChI is InChI=1S/C21H18N.C7H9.2FH.Zr/c1-2-8-16-14-17(13-15(16)7-1)22-20-11-5-3-9-18(20)19-10-4-6-12-21(19)22;1-6-4-3-5-7(6)2;;;/h1-3,5,7-9,11,13-14H,4,6,10,12H2;3-5H,1-2H3;2*1H;/q2*-1;;;+4/p-2. The molecule has 0 fully saturated rings. The minimum Gasteiger partial charge on any atom is -1.00 e. The van der Waals surface area contributed by atoms with Gasteiger partial charge in [-0.3, -0.25) is 0 Å². The van der Waals surface area contributed by atoms with E-state index in [1.54, 1.807) is 5.56 Å². The molecule has 32 heavy (non-hydrogen) atoms. The van der Waals surface area contributed by atoms with Crippen LogP contribution in [0.5, 0.6) is 0 Å². The molecule has 0 saturated heterocycles. The number of halogens is 2. The van der Waals surface area contributed by atoms with Crippen molar-refractivity contribution in [3.05, 3.63) is 101 Å². The molecule has 5 aromatic rings. The molecule has 4 aromatic carbocycles. The van der Waals surface area contributed by atoms with Gasteiger partial charge in [0.15, 0.2) is 0 Å². The van der Waals surface area contributed by atoms with Crippen LogP contribution in [0.25, 0.3) is 27.4 Å². The van der Waals surface area contributed by atoms with E-state index in [2.05, 4.69) is 97.3 Å². The van der Waals surface area contributed by atoms with E-state index >= 15 is 0 Å². The van der Waals surface area contributed by atoms with Crippen LogP contribution in [0.2, 0.25) is 0 Å². The van der Waals surface area contributed by atoms with Gasteiger partial charge in [0.2, 0.25) is 0 Å². The monoisotopic (exact) mass is 505 g/mol. The van der Waals surface area contributed by atoms with Gasteiger partial charge in [-0.2, -0.15) is 17.2 Å². The van der Waals surface area contributed by atoms with E-state index in [9.17, 15) is 0 Å². The maximum absolute atomic E-state index is 2.50. The van der Waals surface area contributed by atoms with Crippen LogP contribution in [0.1, 0.15) is 35.2 Å². The van der Waals surface area contributed by atoms with Crippen LogP contribution in [0, 0.1) is 13.8 Å². The second-order valence-electron chi connectivity index (χ2n) is 8.22. The molecule has 162 valence electrons. The summed E-state index contributed by atoms with van der Waals surface area (Å²) in [7, 11) is 0. The van der Waals surface area contributed by atoms with E-state index in [0.717, 1.165) is 0 Å². The molecule has 0 atom stereocenters. The Bertz CT molecular complexity index is 1240. The first-order chi connectivity index (χ1) is 14.2. The number of rotatable bonds is 1. The molecule has 0 aliphatic heterocycles. The van der Waals surface area contributed by atoms with Gasteiger partial charge in [-0.25, -0.2) is 12.1 Å². The van der Waals surface area contributed by atoms with Crippen LogP contribution in [-0.2, 0) is 39.0 Å². The summed E-state index contributed by atoms with van der Waals surface area (Å²) in [5.74, 6) is 0. The quantitative estimate of drug-likeness (QED) is 0.303. The molecular weight excluding hydrogens is 480 g/mol. The number of nitrogens with zero attached hydrogens (tertiary/aromatic N) is 1. The Morgan fingerprint density at radius 1 is 0.875 bits per heavy atom. The number of aryl methyl sites for hydroxylation is 3. The van der Waals surface area contributed by atoms with Gasteiger partial charge in [-0.15, -0.1) is 41.1 Å². The summed E-state index contributed by atoms with van der Waals surface area (Å²) in [4.78, 5) is 0. The Morgan fingerprint density at radius 3 is 2.28 bits per heavy atom. The first kappa shape index (κ1) is 25.9. The molecule has 0 spiro atoms. The maximum atomic E-state index is 2.50. The molecule has 0 amide bonds. The Hall–Kier alpha value is -2.32. The summed E-state index contributed by atoms with van der Waals surface area (Å²) in [6.45, 7) is 4.24. The predicted octanol–water partition coefficient (Wildman–Crippen LogP) is 1.41. The summed E-state index contributed by atoms with van der Waals surface area (Å²) in [6, 6.07) is 28.5. The second kappa shape index (κ2) is 11.0. The number of aromatic nitrogens is 1. The predicted molar refractivity (Wildman–Crippen MR) is 125 cm³/mol. The van der Waals surface area contributed by atoms with Gasteiger partial charge in [0.1, 0.15) is 0 Å². The maximum Gasteiger partial charge on any atom is 4.00 e.